The van der Waals surface area contributed by atoms with Gasteiger partial charge in [-0.05, 0) is 19.4 Å². The fourth-order valence-electron chi connectivity index (χ4n) is 1.88. The molecule has 2 aromatic rings. The highest BCUT2D eigenvalue weighted by Crippen LogP contribution is 2.24. The monoisotopic (exact) mass is 275 g/mol. The van der Waals surface area contributed by atoms with E-state index >= 15 is 0 Å². The molecule has 0 fully saturated rings. The Morgan fingerprint density at radius 2 is 2.10 bits per heavy atom. The normalized spacial score (nSPS) is 13.8. The molecule has 0 spiro atoms. The van der Waals surface area contributed by atoms with Crippen LogP contribution >= 0.6 is 0 Å². The molecule has 20 heavy (non-hydrogen) atoms. The standard InChI is InChI=1S/C15H17NO4/c1-3-19-14(17)12-10-20-13(16-12)9-15(2,18)11-7-5-4-6-8-11/h4-8,10,18H,3,9H2,1-2H3. The molecule has 1 aromatic carbocycles. The summed E-state index contributed by atoms with van der Waals surface area (Å²) in [7, 11) is 0. The molecule has 1 unspecified atom stereocenters. The van der Waals surface area contributed by atoms with Crippen molar-refractivity contribution in [2.24, 2.45) is 0 Å². The summed E-state index contributed by atoms with van der Waals surface area (Å²) in [6.07, 6.45) is 1.42. The molecule has 0 saturated carbocycles. The maximum Gasteiger partial charge on any atom is 0.360 e. The smallest absolute Gasteiger partial charge is 0.360 e. The Bertz CT molecular complexity index is 575. The third kappa shape index (κ3) is 3.24. The van der Waals surface area contributed by atoms with Gasteiger partial charge in [0.15, 0.2) is 11.6 Å². The van der Waals surface area contributed by atoms with E-state index in [-0.39, 0.29) is 18.7 Å². The quantitative estimate of drug-likeness (QED) is 0.848. The molecule has 5 heteroatoms. The van der Waals surface area contributed by atoms with Gasteiger partial charge in [0.2, 0.25) is 0 Å². The number of aliphatic hydroxyl groups is 1. The highest BCUT2D eigenvalue weighted by Gasteiger charge is 2.26. The molecule has 0 saturated heterocycles. The van der Waals surface area contributed by atoms with Crippen LogP contribution < -0.4 is 0 Å². The average Bonchev–Trinajstić information content (AvgIpc) is 2.88. The molecule has 1 N–H and O–H groups in total. The van der Waals surface area contributed by atoms with Gasteiger partial charge in [-0.25, -0.2) is 9.78 Å². The van der Waals surface area contributed by atoms with Crippen molar-refractivity contribution in [1.82, 2.24) is 4.98 Å². The Kier molecular flexibility index (Phi) is 4.20. The number of hydrogen-bond donors (Lipinski definition) is 1. The summed E-state index contributed by atoms with van der Waals surface area (Å²) in [5.74, 6) is -0.233. The van der Waals surface area contributed by atoms with Crippen molar-refractivity contribution in [2.45, 2.75) is 25.9 Å². The molecule has 0 aliphatic carbocycles. The van der Waals surface area contributed by atoms with E-state index in [0.29, 0.717) is 5.89 Å². The van der Waals surface area contributed by atoms with Crippen LogP contribution in [0.5, 0.6) is 0 Å². The molecule has 5 nitrogen and oxygen atoms in total. The van der Waals surface area contributed by atoms with E-state index in [4.69, 9.17) is 9.15 Å². The van der Waals surface area contributed by atoms with E-state index in [1.54, 1.807) is 13.8 Å². The van der Waals surface area contributed by atoms with Crippen LogP contribution in [-0.2, 0) is 16.8 Å². The molecule has 2 rings (SSSR count). The molecule has 0 amide bonds. The van der Waals surface area contributed by atoms with E-state index in [1.165, 1.54) is 6.26 Å². The zero-order valence-electron chi connectivity index (χ0n) is 11.5. The molecule has 0 aliphatic rings. The molecule has 1 aromatic heterocycles. The van der Waals surface area contributed by atoms with Gasteiger partial charge in [0.1, 0.15) is 6.26 Å². The van der Waals surface area contributed by atoms with Gasteiger partial charge in [-0.3, -0.25) is 0 Å². The van der Waals surface area contributed by atoms with Crippen LogP contribution in [0.3, 0.4) is 0 Å². The number of aromatic nitrogens is 1. The van der Waals surface area contributed by atoms with E-state index in [9.17, 15) is 9.90 Å². The summed E-state index contributed by atoms with van der Waals surface area (Å²) in [6.45, 7) is 3.68. The average molecular weight is 275 g/mol. The summed E-state index contributed by atoms with van der Waals surface area (Å²) in [6, 6.07) is 9.24. The lowest BCUT2D eigenvalue weighted by molar-refractivity contribution is 0.0495. The van der Waals surface area contributed by atoms with Gasteiger partial charge < -0.3 is 14.3 Å². The zero-order valence-corrected chi connectivity index (χ0v) is 11.5. The maximum absolute atomic E-state index is 11.5. The lowest BCUT2D eigenvalue weighted by Gasteiger charge is -2.21. The SMILES string of the molecule is CCOC(=O)c1coc(CC(C)(O)c2ccccc2)n1. The minimum Gasteiger partial charge on any atom is -0.461 e. The Labute approximate surface area is 117 Å². The molecule has 0 bridgehead atoms. The number of nitrogens with zero attached hydrogens (tertiary/aromatic N) is 1. The van der Waals surface area contributed by atoms with Crippen molar-refractivity contribution in [2.75, 3.05) is 6.61 Å². The molecule has 0 radical (unpaired) electrons. The first-order valence-electron chi connectivity index (χ1n) is 6.42. The Balaban J connectivity index is 2.12. The first-order chi connectivity index (χ1) is 9.53. The molecule has 106 valence electrons. The third-order valence-corrected chi connectivity index (χ3v) is 2.93. The molecular formula is C15H17NO4. The maximum atomic E-state index is 11.5. The summed E-state index contributed by atoms with van der Waals surface area (Å²) < 4.78 is 10.0. The van der Waals surface area contributed by atoms with Crippen LogP contribution in [0.4, 0.5) is 0 Å². The largest absolute Gasteiger partial charge is 0.461 e. The first kappa shape index (κ1) is 14.3. The zero-order chi connectivity index (χ0) is 14.6. The predicted molar refractivity (Wildman–Crippen MR) is 72.2 cm³/mol. The number of esters is 1. The summed E-state index contributed by atoms with van der Waals surface area (Å²) in [5.41, 5.74) is -0.237. The van der Waals surface area contributed by atoms with Crippen molar-refractivity contribution in [3.05, 3.63) is 53.7 Å². The molecule has 0 aliphatic heterocycles. The number of rotatable bonds is 5. The van der Waals surface area contributed by atoms with E-state index in [0.717, 1.165) is 5.56 Å². The summed E-state index contributed by atoms with van der Waals surface area (Å²) in [5, 5.41) is 10.5. The molecule has 1 atom stereocenters. The number of carbonyl (C=O) groups is 1. The highest BCUT2D eigenvalue weighted by atomic mass is 16.5. The third-order valence-electron chi connectivity index (χ3n) is 2.93. The van der Waals surface area contributed by atoms with Crippen molar-refractivity contribution < 1.29 is 19.1 Å². The predicted octanol–water partition coefficient (Wildman–Crippen LogP) is 2.30. The number of benzene rings is 1. The lowest BCUT2D eigenvalue weighted by atomic mass is 9.93. The topological polar surface area (TPSA) is 72.6 Å². The molecule has 1 heterocycles. The van der Waals surface area contributed by atoms with E-state index in [1.807, 2.05) is 30.3 Å². The van der Waals surface area contributed by atoms with Gasteiger partial charge in [-0.2, -0.15) is 0 Å². The van der Waals surface area contributed by atoms with Crippen LogP contribution in [0.2, 0.25) is 0 Å². The Morgan fingerprint density at radius 3 is 2.75 bits per heavy atom. The Hall–Kier alpha value is -2.14. The summed E-state index contributed by atoms with van der Waals surface area (Å²) in [4.78, 5) is 15.5. The number of carbonyl (C=O) groups excluding carboxylic acids is 1. The fourth-order valence-corrected chi connectivity index (χ4v) is 1.88. The number of oxazole rings is 1. The highest BCUT2D eigenvalue weighted by molar-refractivity contribution is 5.86. The van der Waals surface area contributed by atoms with Crippen LogP contribution in [0.1, 0.15) is 35.8 Å². The lowest BCUT2D eigenvalue weighted by Crippen LogP contribution is -2.24. The van der Waals surface area contributed by atoms with Crippen LogP contribution in [0.15, 0.2) is 41.0 Å². The van der Waals surface area contributed by atoms with Crippen LogP contribution in [-0.4, -0.2) is 22.7 Å². The fraction of sp³-hybridized carbons (Fsp3) is 0.333. The van der Waals surface area contributed by atoms with Gasteiger partial charge >= 0.3 is 5.97 Å². The van der Waals surface area contributed by atoms with Crippen LogP contribution in [0, 0.1) is 0 Å². The van der Waals surface area contributed by atoms with Crippen LogP contribution in [0.25, 0.3) is 0 Å². The van der Waals surface area contributed by atoms with E-state index < -0.39 is 11.6 Å². The molecular weight excluding hydrogens is 258 g/mol. The van der Waals surface area contributed by atoms with Gasteiger partial charge in [-0.15, -0.1) is 0 Å². The second-order valence-corrected chi connectivity index (χ2v) is 4.66. The minimum atomic E-state index is -1.11. The van der Waals surface area contributed by atoms with Gasteiger partial charge in [0.25, 0.3) is 0 Å². The van der Waals surface area contributed by atoms with Crippen molar-refractivity contribution >= 4 is 5.97 Å². The van der Waals surface area contributed by atoms with Crippen molar-refractivity contribution in [3.63, 3.8) is 0 Å². The van der Waals surface area contributed by atoms with Crippen molar-refractivity contribution in [3.8, 4) is 0 Å². The minimum absolute atomic E-state index is 0.116. The first-order valence-corrected chi connectivity index (χ1v) is 6.42. The Morgan fingerprint density at radius 1 is 1.40 bits per heavy atom. The van der Waals surface area contributed by atoms with Crippen molar-refractivity contribution in [1.29, 1.82) is 0 Å². The number of ether oxygens (including phenoxy) is 1. The summed E-state index contributed by atoms with van der Waals surface area (Å²) >= 11 is 0. The van der Waals surface area contributed by atoms with Gasteiger partial charge in [0.05, 0.1) is 18.6 Å². The van der Waals surface area contributed by atoms with E-state index in [2.05, 4.69) is 4.98 Å². The number of hydrogen-bond acceptors (Lipinski definition) is 5. The van der Waals surface area contributed by atoms with Gasteiger partial charge in [-0.1, -0.05) is 30.3 Å². The van der Waals surface area contributed by atoms with Gasteiger partial charge in [0, 0.05) is 0 Å². The second kappa shape index (κ2) is 5.88. The second-order valence-electron chi connectivity index (χ2n) is 4.66.